The smallest absolute Gasteiger partial charge is 0.348 e. The third kappa shape index (κ3) is 6.16. The lowest BCUT2D eigenvalue weighted by Gasteiger charge is -2.18. The van der Waals surface area contributed by atoms with E-state index in [2.05, 4.69) is 0 Å². The first-order chi connectivity index (χ1) is 13.4. The van der Waals surface area contributed by atoms with E-state index >= 15 is 0 Å². The van der Waals surface area contributed by atoms with E-state index in [-0.39, 0.29) is 6.61 Å². The molecule has 0 saturated heterocycles. The summed E-state index contributed by atoms with van der Waals surface area (Å²) in [4.78, 5) is 12.2. The highest BCUT2D eigenvalue weighted by atomic mass is 31.1. The molecule has 0 aromatic heterocycles. The van der Waals surface area contributed by atoms with Crippen molar-refractivity contribution in [2.45, 2.75) is 32.2 Å². The number of hydrogen-bond acceptors (Lipinski definition) is 4. The van der Waals surface area contributed by atoms with Crippen molar-refractivity contribution in [3.63, 3.8) is 0 Å². The summed E-state index contributed by atoms with van der Waals surface area (Å²) >= 11 is 0. The van der Waals surface area contributed by atoms with Crippen LogP contribution in [0.2, 0.25) is 0 Å². The number of carbonyl (C=O) groups excluding carboxylic acids is 1. The van der Waals surface area contributed by atoms with Gasteiger partial charge in [-0.2, -0.15) is 26.3 Å². The molecule has 0 aliphatic rings. The molecule has 11 heteroatoms. The maximum atomic E-state index is 13.1. The van der Waals surface area contributed by atoms with E-state index in [0.29, 0.717) is 23.8 Å². The second-order valence-corrected chi connectivity index (χ2v) is 7.09. The number of rotatable bonds is 7. The van der Waals surface area contributed by atoms with Crippen molar-refractivity contribution >= 4 is 13.6 Å². The maximum absolute atomic E-state index is 13.1. The third-order valence-electron chi connectivity index (χ3n) is 3.69. The summed E-state index contributed by atoms with van der Waals surface area (Å²) in [6, 6.07) is 9.70. The standard InChI is InChI=1S/C18H15F6O4P/c1-11(27-10-12-6-3-2-4-7-12)28-29(26)16(25)15-13(17(19,20)21)8-5-9-14(15)18(22,23)24/h2-9,11,29H,10H2,1H3. The average Bonchev–Trinajstić information content (AvgIpc) is 2.64. The van der Waals surface area contributed by atoms with E-state index in [1.165, 1.54) is 6.92 Å². The van der Waals surface area contributed by atoms with Gasteiger partial charge in [-0.1, -0.05) is 36.4 Å². The van der Waals surface area contributed by atoms with Gasteiger partial charge in [0.2, 0.25) is 5.52 Å². The minimum Gasteiger partial charge on any atom is -0.348 e. The van der Waals surface area contributed by atoms with E-state index in [1.807, 2.05) is 0 Å². The van der Waals surface area contributed by atoms with Gasteiger partial charge in [0.1, 0.15) is 0 Å². The Hall–Kier alpha value is -2.16. The molecule has 0 radical (unpaired) electrons. The van der Waals surface area contributed by atoms with Crippen LogP contribution in [-0.2, 0) is 32.8 Å². The van der Waals surface area contributed by atoms with Crippen LogP contribution in [0.3, 0.4) is 0 Å². The summed E-state index contributed by atoms with van der Waals surface area (Å²) in [5, 5.41) is 0. The summed E-state index contributed by atoms with van der Waals surface area (Å²) in [5.74, 6) is 0. The van der Waals surface area contributed by atoms with E-state index in [4.69, 9.17) is 9.26 Å². The molecule has 2 aromatic rings. The van der Waals surface area contributed by atoms with Crippen molar-refractivity contribution < 1.29 is 45.0 Å². The Labute approximate surface area is 162 Å². The summed E-state index contributed by atoms with van der Waals surface area (Å²) in [6.45, 7) is 1.19. The van der Waals surface area contributed by atoms with Gasteiger partial charge in [-0.15, -0.1) is 0 Å². The summed E-state index contributed by atoms with van der Waals surface area (Å²) in [5.41, 5.74) is -6.60. The zero-order chi connectivity index (χ0) is 21.8. The van der Waals surface area contributed by atoms with Crippen LogP contribution >= 0.6 is 8.03 Å². The van der Waals surface area contributed by atoms with E-state index in [9.17, 15) is 35.7 Å². The van der Waals surface area contributed by atoms with Gasteiger partial charge in [-0.3, -0.25) is 13.9 Å². The Morgan fingerprint density at radius 2 is 1.45 bits per heavy atom. The van der Waals surface area contributed by atoms with Crippen molar-refractivity contribution in [2.24, 2.45) is 0 Å². The Balaban J connectivity index is 2.23. The first-order valence-corrected chi connectivity index (χ1v) is 9.41. The Morgan fingerprint density at radius 1 is 0.931 bits per heavy atom. The quantitative estimate of drug-likeness (QED) is 0.305. The fourth-order valence-corrected chi connectivity index (χ4v) is 3.35. The molecule has 4 nitrogen and oxygen atoms in total. The lowest BCUT2D eigenvalue weighted by molar-refractivity contribution is -0.143. The number of halogens is 6. The molecule has 2 rings (SSSR count). The molecular weight excluding hydrogens is 425 g/mol. The Morgan fingerprint density at radius 3 is 1.93 bits per heavy atom. The lowest BCUT2D eigenvalue weighted by Crippen LogP contribution is -2.19. The SMILES string of the molecule is CC(OCc1ccccc1)O[PH](=O)C(=O)c1c(C(F)(F)F)cccc1C(F)(F)F. The van der Waals surface area contributed by atoms with Crippen molar-refractivity contribution in [3.8, 4) is 0 Å². The normalized spacial score (nSPS) is 14.4. The van der Waals surface area contributed by atoms with Crippen LogP contribution in [0.15, 0.2) is 48.5 Å². The summed E-state index contributed by atoms with van der Waals surface area (Å²) in [6.07, 6.45) is -11.8. The largest absolute Gasteiger partial charge is 0.417 e. The van der Waals surface area contributed by atoms with Crippen LogP contribution in [-0.4, -0.2) is 11.8 Å². The minimum absolute atomic E-state index is 0.0295. The molecule has 0 amide bonds. The second kappa shape index (κ2) is 9.11. The lowest BCUT2D eigenvalue weighted by atomic mass is 10.0. The van der Waals surface area contributed by atoms with E-state index < -0.39 is 48.9 Å². The number of benzene rings is 2. The molecule has 2 unspecified atom stereocenters. The number of carbonyl (C=O) groups is 1. The highest BCUT2D eigenvalue weighted by molar-refractivity contribution is 7.60. The number of alkyl halides is 6. The van der Waals surface area contributed by atoms with E-state index in [1.54, 1.807) is 30.3 Å². The minimum atomic E-state index is -5.26. The van der Waals surface area contributed by atoms with Gasteiger partial charge in [0.15, 0.2) is 6.29 Å². The Bertz CT molecular complexity index is 848. The van der Waals surface area contributed by atoms with Gasteiger partial charge in [0.25, 0.3) is 8.03 Å². The summed E-state index contributed by atoms with van der Waals surface area (Å²) in [7, 11) is -4.00. The molecule has 0 N–H and O–H groups in total. The second-order valence-electron chi connectivity index (χ2n) is 5.82. The topological polar surface area (TPSA) is 52.6 Å². The van der Waals surface area contributed by atoms with Gasteiger partial charge in [-0.05, 0) is 24.6 Å². The highest BCUT2D eigenvalue weighted by Gasteiger charge is 2.43. The van der Waals surface area contributed by atoms with Gasteiger partial charge >= 0.3 is 12.4 Å². The zero-order valence-corrected chi connectivity index (χ0v) is 15.8. The third-order valence-corrected chi connectivity index (χ3v) is 4.86. The fraction of sp³-hybridized carbons (Fsp3) is 0.278. The molecule has 0 aliphatic carbocycles. The van der Waals surface area contributed by atoms with Crippen LogP contribution in [0.25, 0.3) is 0 Å². The van der Waals surface area contributed by atoms with E-state index in [0.717, 1.165) is 0 Å². The molecule has 0 saturated carbocycles. The van der Waals surface area contributed by atoms with Crippen molar-refractivity contribution in [3.05, 3.63) is 70.8 Å². The molecular formula is C18H15F6O4P. The van der Waals surface area contributed by atoms with Crippen LogP contribution in [0.4, 0.5) is 26.3 Å². The predicted octanol–water partition coefficient (Wildman–Crippen LogP) is 5.92. The number of hydrogen-bond donors (Lipinski definition) is 0. The number of ether oxygens (including phenoxy) is 1. The first kappa shape index (κ1) is 23.1. The van der Waals surface area contributed by atoms with Crippen molar-refractivity contribution in [1.29, 1.82) is 0 Å². The van der Waals surface area contributed by atoms with Crippen LogP contribution in [0.1, 0.15) is 34.0 Å². The molecule has 0 heterocycles. The van der Waals surface area contributed by atoms with Crippen LogP contribution < -0.4 is 0 Å². The molecule has 2 atom stereocenters. The van der Waals surface area contributed by atoms with Crippen molar-refractivity contribution in [1.82, 2.24) is 0 Å². The molecule has 2 aromatic carbocycles. The van der Waals surface area contributed by atoms with Crippen LogP contribution in [0.5, 0.6) is 0 Å². The van der Waals surface area contributed by atoms with Crippen LogP contribution in [0, 0.1) is 0 Å². The van der Waals surface area contributed by atoms with Gasteiger partial charge in [0.05, 0.1) is 23.3 Å². The highest BCUT2D eigenvalue weighted by Crippen LogP contribution is 2.43. The van der Waals surface area contributed by atoms with Gasteiger partial charge < -0.3 is 4.74 Å². The molecule has 158 valence electrons. The maximum Gasteiger partial charge on any atom is 0.417 e. The van der Waals surface area contributed by atoms with Gasteiger partial charge in [0, 0.05) is 0 Å². The average molecular weight is 440 g/mol. The van der Waals surface area contributed by atoms with Gasteiger partial charge in [-0.25, -0.2) is 0 Å². The molecule has 0 spiro atoms. The monoisotopic (exact) mass is 440 g/mol. The predicted molar refractivity (Wildman–Crippen MR) is 91.6 cm³/mol. The zero-order valence-electron chi connectivity index (χ0n) is 14.8. The fourth-order valence-electron chi connectivity index (χ4n) is 2.40. The summed E-state index contributed by atoms with van der Waals surface area (Å²) < 4.78 is 101. The first-order valence-electron chi connectivity index (χ1n) is 8.09. The Kier molecular flexibility index (Phi) is 7.26. The molecule has 0 aliphatic heterocycles. The molecule has 0 bridgehead atoms. The van der Waals surface area contributed by atoms with Crippen molar-refractivity contribution in [2.75, 3.05) is 0 Å². The molecule has 0 fully saturated rings. The molecule has 29 heavy (non-hydrogen) atoms.